The normalized spacial score (nSPS) is 10.3. The molecule has 1 aromatic carbocycles. The molecular weight excluding hydrogens is 274 g/mol. The van der Waals surface area contributed by atoms with Gasteiger partial charge >= 0.3 is 0 Å². The van der Waals surface area contributed by atoms with E-state index in [2.05, 4.69) is 5.32 Å². The van der Waals surface area contributed by atoms with Crippen molar-refractivity contribution < 1.29 is 14.8 Å². The van der Waals surface area contributed by atoms with E-state index in [4.69, 9.17) is 0 Å². The summed E-state index contributed by atoms with van der Waals surface area (Å²) < 4.78 is 1.52. The van der Waals surface area contributed by atoms with E-state index in [-0.39, 0.29) is 23.7 Å². The molecule has 0 bridgehead atoms. The molecule has 0 saturated carbocycles. The van der Waals surface area contributed by atoms with Crippen LogP contribution in [0.4, 0.5) is 5.69 Å². The van der Waals surface area contributed by atoms with Gasteiger partial charge in [-0.2, -0.15) is 0 Å². The summed E-state index contributed by atoms with van der Waals surface area (Å²) in [5.74, 6) is -0.275. The van der Waals surface area contributed by atoms with E-state index < -0.39 is 10.8 Å². The topological polar surface area (TPSA) is 97.4 Å². The Balaban J connectivity index is 2.11. The number of nitro groups is 1. The molecule has 1 aromatic heterocycles. The minimum atomic E-state index is -0.530. The van der Waals surface area contributed by atoms with Crippen LogP contribution in [0.15, 0.2) is 36.5 Å². The number of carbonyl (C=O) groups is 1. The van der Waals surface area contributed by atoms with E-state index in [9.17, 15) is 20.0 Å². The zero-order valence-corrected chi connectivity index (χ0v) is 11.4. The van der Waals surface area contributed by atoms with E-state index in [0.717, 1.165) is 5.56 Å². The average Bonchev–Trinajstić information content (AvgIpc) is 2.89. The lowest BCUT2D eigenvalue weighted by atomic mass is 10.2. The van der Waals surface area contributed by atoms with Gasteiger partial charge in [0.2, 0.25) is 0 Å². The summed E-state index contributed by atoms with van der Waals surface area (Å²) in [4.78, 5) is 22.3. The first-order valence-corrected chi connectivity index (χ1v) is 6.42. The number of carbonyl (C=O) groups excluding carboxylic acids is 1. The molecule has 0 saturated heterocycles. The molecule has 0 radical (unpaired) electrons. The third-order valence-corrected chi connectivity index (χ3v) is 3.03. The summed E-state index contributed by atoms with van der Waals surface area (Å²) in [5, 5.41) is 22.8. The van der Waals surface area contributed by atoms with Crippen molar-refractivity contribution in [1.29, 1.82) is 0 Å². The minimum Gasteiger partial charge on any atom is -0.508 e. The van der Waals surface area contributed by atoms with Crippen molar-refractivity contribution in [2.24, 2.45) is 0 Å². The van der Waals surface area contributed by atoms with Gasteiger partial charge in [-0.3, -0.25) is 14.9 Å². The molecule has 0 spiro atoms. The van der Waals surface area contributed by atoms with Crippen LogP contribution in [0.5, 0.6) is 5.75 Å². The van der Waals surface area contributed by atoms with E-state index in [1.807, 2.05) is 0 Å². The van der Waals surface area contributed by atoms with Crippen LogP contribution in [0.2, 0.25) is 0 Å². The fourth-order valence-electron chi connectivity index (χ4n) is 1.99. The predicted molar refractivity (Wildman–Crippen MR) is 76.0 cm³/mol. The third kappa shape index (κ3) is 3.38. The van der Waals surface area contributed by atoms with Gasteiger partial charge in [-0.1, -0.05) is 12.1 Å². The second-order valence-electron chi connectivity index (χ2n) is 4.48. The lowest BCUT2D eigenvalue weighted by Gasteiger charge is -2.07. The highest BCUT2D eigenvalue weighted by molar-refractivity contribution is 5.93. The summed E-state index contributed by atoms with van der Waals surface area (Å²) in [6, 6.07) is 7.78. The Morgan fingerprint density at radius 3 is 2.81 bits per heavy atom. The number of amides is 1. The molecule has 0 aliphatic heterocycles. The first-order valence-electron chi connectivity index (χ1n) is 6.42. The Bertz CT molecular complexity index is 679. The Labute approximate surface area is 121 Å². The van der Waals surface area contributed by atoms with Crippen LogP contribution < -0.4 is 5.32 Å². The molecule has 110 valence electrons. The van der Waals surface area contributed by atoms with Crippen LogP contribution in [-0.4, -0.2) is 20.5 Å². The quantitative estimate of drug-likeness (QED) is 0.650. The molecule has 0 fully saturated rings. The van der Waals surface area contributed by atoms with Crippen LogP contribution in [0, 0.1) is 10.1 Å². The Morgan fingerprint density at radius 2 is 2.19 bits per heavy atom. The van der Waals surface area contributed by atoms with E-state index in [1.54, 1.807) is 25.1 Å². The van der Waals surface area contributed by atoms with Crippen LogP contribution in [0.25, 0.3) is 0 Å². The SMILES string of the molecule is CCn1cc([N+](=O)[O-])cc1C(=O)NCc1cccc(O)c1. The molecule has 0 aliphatic rings. The average molecular weight is 289 g/mol. The Morgan fingerprint density at radius 1 is 1.43 bits per heavy atom. The summed E-state index contributed by atoms with van der Waals surface area (Å²) in [6.07, 6.45) is 1.34. The number of phenolic OH excluding ortho intramolecular Hbond substituents is 1. The highest BCUT2D eigenvalue weighted by Crippen LogP contribution is 2.17. The summed E-state index contributed by atoms with van der Waals surface area (Å²) in [6.45, 7) is 2.49. The molecule has 21 heavy (non-hydrogen) atoms. The van der Waals surface area contributed by atoms with Gasteiger partial charge in [0.15, 0.2) is 0 Å². The van der Waals surface area contributed by atoms with Crippen molar-refractivity contribution in [3.63, 3.8) is 0 Å². The van der Waals surface area contributed by atoms with Gasteiger partial charge in [-0.05, 0) is 24.6 Å². The molecule has 1 amide bonds. The van der Waals surface area contributed by atoms with Gasteiger partial charge in [0.05, 0.1) is 11.1 Å². The standard InChI is InChI=1S/C14H15N3O4/c1-2-16-9-11(17(20)21)7-13(16)14(19)15-8-10-4-3-5-12(18)6-10/h3-7,9,18H,2,8H2,1H3,(H,15,19). The number of aromatic nitrogens is 1. The molecule has 2 N–H and O–H groups in total. The van der Waals surface area contributed by atoms with Gasteiger partial charge < -0.3 is 15.0 Å². The largest absolute Gasteiger partial charge is 0.508 e. The summed E-state index contributed by atoms with van der Waals surface area (Å²) in [5.41, 5.74) is 0.871. The van der Waals surface area contributed by atoms with Crippen molar-refractivity contribution in [1.82, 2.24) is 9.88 Å². The molecule has 2 rings (SSSR count). The van der Waals surface area contributed by atoms with Crippen LogP contribution in [0.1, 0.15) is 23.0 Å². The van der Waals surface area contributed by atoms with Crippen molar-refractivity contribution in [2.75, 3.05) is 0 Å². The Kier molecular flexibility index (Phi) is 4.22. The third-order valence-electron chi connectivity index (χ3n) is 3.03. The molecule has 0 aliphatic carbocycles. The smallest absolute Gasteiger partial charge is 0.287 e. The second-order valence-corrected chi connectivity index (χ2v) is 4.48. The van der Waals surface area contributed by atoms with Crippen LogP contribution in [0.3, 0.4) is 0 Å². The molecule has 7 heteroatoms. The fraction of sp³-hybridized carbons (Fsp3) is 0.214. The van der Waals surface area contributed by atoms with Crippen LogP contribution >= 0.6 is 0 Å². The number of nitrogens with one attached hydrogen (secondary N) is 1. The molecule has 7 nitrogen and oxygen atoms in total. The number of nitrogens with zero attached hydrogens (tertiary/aromatic N) is 2. The first kappa shape index (κ1) is 14.6. The van der Waals surface area contributed by atoms with Crippen molar-refractivity contribution >= 4 is 11.6 Å². The zero-order chi connectivity index (χ0) is 15.4. The monoisotopic (exact) mass is 289 g/mol. The minimum absolute atomic E-state index is 0.112. The first-order chi connectivity index (χ1) is 10.0. The highest BCUT2D eigenvalue weighted by atomic mass is 16.6. The molecule has 0 atom stereocenters. The second kappa shape index (κ2) is 6.08. The van der Waals surface area contributed by atoms with Crippen molar-refractivity contribution in [3.8, 4) is 5.75 Å². The molecular formula is C14H15N3O4. The number of phenols is 1. The maximum absolute atomic E-state index is 12.1. The summed E-state index contributed by atoms with van der Waals surface area (Å²) >= 11 is 0. The fourth-order valence-corrected chi connectivity index (χ4v) is 1.99. The highest BCUT2D eigenvalue weighted by Gasteiger charge is 2.18. The van der Waals surface area contributed by atoms with E-state index >= 15 is 0 Å². The lowest BCUT2D eigenvalue weighted by Crippen LogP contribution is -2.25. The lowest BCUT2D eigenvalue weighted by molar-refractivity contribution is -0.384. The van der Waals surface area contributed by atoms with E-state index in [0.29, 0.717) is 6.54 Å². The van der Waals surface area contributed by atoms with Crippen LogP contribution in [-0.2, 0) is 13.1 Å². The molecule has 2 aromatic rings. The molecule has 0 unspecified atom stereocenters. The number of aromatic hydroxyl groups is 1. The van der Waals surface area contributed by atoms with Gasteiger partial charge in [-0.25, -0.2) is 0 Å². The van der Waals surface area contributed by atoms with Gasteiger partial charge in [0.1, 0.15) is 11.4 Å². The molecule has 1 heterocycles. The van der Waals surface area contributed by atoms with Gasteiger partial charge in [0.25, 0.3) is 11.6 Å². The number of benzene rings is 1. The van der Waals surface area contributed by atoms with Gasteiger partial charge in [0, 0.05) is 19.2 Å². The van der Waals surface area contributed by atoms with Gasteiger partial charge in [-0.15, -0.1) is 0 Å². The van der Waals surface area contributed by atoms with E-state index in [1.165, 1.54) is 22.9 Å². The predicted octanol–water partition coefficient (Wildman–Crippen LogP) is 2.05. The van der Waals surface area contributed by atoms with Crippen molar-refractivity contribution in [3.05, 3.63) is 57.9 Å². The zero-order valence-electron chi connectivity index (χ0n) is 11.4. The maximum Gasteiger partial charge on any atom is 0.287 e. The number of rotatable bonds is 5. The summed E-state index contributed by atoms with van der Waals surface area (Å²) in [7, 11) is 0. The maximum atomic E-state index is 12.1. The number of aryl methyl sites for hydroxylation is 1. The number of hydrogen-bond donors (Lipinski definition) is 2. The number of hydrogen-bond acceptors (Lipinski definition) is 4. The van der Waals surface area contributed by atoms with Crippen molar-refractivity contribution in [2.45, 2.75) is 20.0 Å². The Hall–Kier alpha value is -2.83.